The fourth-order valence-electron chi connectivity index (χ4n) is 1.25. The molecule has 0 amide bonds. The number of nitrogens with one attached hydrogen (secondary N) is 1. The van der Waals surface area contributed by atoms with Gasteiger partial charge in [0, 0.05) is 5.02 Å². The molecular weight excluding hydrogens is 257 g/mol. The first-order chi connectivity index (χ1) is 7.57. The van der Waals surface area contributed by atoms with Crippen LogP contribution in [-0.4, -0.2) is 11.2 Å². The highest BCUT2D eigenvalue weighted by Crippen LogP contribution is 2.63. The van der Waals surface area contributed by atoms with Crippen molar-refractivity contribution in [3.8, 4) is 0 Å². The number of hydrogen-bond acceptors (Lipinski definition) is 5. The SMILES string of the molecule is N=C1N2OP(=O)(O2)ON1c1ccc(Cl)cc1. The third kappa shape index (κ3) is 1.41. The zero-order valence-electron chi connectivity index (χ0n) is 7.66. The molecule has 0 spiro atoms. The van der Waals surface area contributed by atoms with Gasteiger partial charge < -0.3 is 0 Å². The number of rotatable bonds is 1. The lowest BCUT2D eigenvalue weighted by Gasteiger charge is -2.44. The Labute approximate surface area is 95.0 Å². The van der Waals surface area contributed by atoms with Crippen LogP contribution in [0.1, 0.15) is 0 Å². The lowest BCUT2D eigenvalue weighted by Crippen LogP contribution is -2.54. The first kappa shape index (κ1) is 10.1. The Kier molecular flexibility index (Phi) is 2.01. The summed E-state index contributed by atoms with van der Waals surface area (Å²) >= 11 is 5.72. The number of anilines is 1. The van der Waals surface area contributed by atoms with Gasteiger partial charge in [-0.05, 0) is 24.3 Å². The molecule has 0 aliphatic carbocycles. The zero-order valence-corrected chi connectivity index (χ0v) is 9.31. The van der Waals surface area contributed by atoms with E-state index >= 15 is 0 Å². The number of benzene rings is 1. The van der Waals surface area contributed by atoms with Crippen LogP contribution >= 0.6 is 19.4 Å². The van der Waals surface area contributed by atoms with Gasteiger partial charge in [0.1, 0.15) is 0 Å². The molecule has 0 saturated carbocycles. The highest BCUT2D eigenvalue weighted by atomic mass is 35.5. The number of phosphoric acid groups is 1. The Bertz CT molecular complexity index is 497. The van der Waals surface area contributed by atoms with E-state index in [1.165, 1.54) is 0 Å². The number of halogens is 1. The topological polar surface area (TPSA) is 75.1 Å². The molecule has 1 aromatic rings. The maximum atomic E-state index is 11.4. The molecule has 4 rings (SSSR count). The van der Waals surface area contributed by atoms with E-state index in [0.717, 1.165) is 10.3 Å². The second-order valence-corrected chi connectivity index (χ2v) is 4.86. The van der Waals surface area contributed by atoms with E-state index in [1.807, 2.05) is 0 Å². The third-order valence-corrected chi connectivity index (χ3v) is 3.27. The molecule has 84 valence electrons. The minimum atomic E-state index is -3.54. The summed E-state index contributed by atoms with van der Waals surface area (Å²) in [6.45, 7) is 0. The number of hydrogen-bond donors (Lipinski definition) is 1. The Morgan fingerprint density at radius 3 is 2.44 bits per heavy atom. The average Bonchev–Trinajstić information content (AvgIpc) is 2.21. The molecule has 2 bridgehead atoms. The standard InChI is InChI=1S/C7H5ClN3O4P/c8-5-1-3-6(4-2-5)10-7(9)11-14-16(12,13-10)15-11/h1-4,9H. The molecule has 0 radical (unpaired) electrons. The summed E-state index contributed by atoms with van der Waals surface area (Å²) in [5.41, 5.74) is 0.506. The summed E-state index contributed by atoms with van der Waals surface area (Å²) in [6.07, 6.45) is 0. The third-order valence-electron chi connectivity index (χ3n) is 1.96. The Balaban J connectivity index is 1.93. The van der Waals surface area contributed by atoms with Crippen LogP contribution < -0.4 is 5.06 Å². The van der Waals surface area contributed by atoms with Crippen LogP contribution in [0.5, 0.6) is 0 Å². The number of hydroxylamine groups is 3. The van der Waals surface area contributed by atoms with Crippen LogP contribution in [0.2, 0.25) is 5.02 Å². The smallest absolute Gasteiger partial charge is 0.263 e. The summed E-state index contributed by atoms with van der Waals surface area (Å²) in [5.74, 6) is -0.222. The van der Waals surface area contributed by atoms with Crippen LogP contribution in [0.3, 0.4) is 0 Å². The number of fused-ring (bicyclic) bond motifs is 2. The molecule has 7 nitrogen and oxygen atoms in total. The van der Waals surface area contributed by atoms with Crippen LogP contribution in [0.4, 0.5) is 5.69 Å². The van der Waals surface area contributed by atoms with Gasteiger partial charge in [-0.25, -0.2) is 4.57 Å². The van der Waals surface area contributed by atoms with E-state index in [2.05, 4.69) is 9.25 Å². The lowest BCUT2D eigenvalue weighted by atomic mass is 10.3. The van der Waals surface area contributed by atoms with Crippen molar-refractivity contribution in [2.24, 2.45) is 0 Å². The monoisotopic (exact) mass is 261 g/mol. The number of nitrogens with zero attached hydrogens (tertiary/aromatic N) is 2. The average molecular weight is 262 g/mol. The van der Waals surface area contributed by atoms with E-state index in [0.29, 0.717) is 10.7 Å². The molecule has 3 saturated heterocycles. The molecule has 9 heteroatoms. The fraction of sp³-hybridized carbons (Fsp3) is 0. The van der Waals surface area contributed by atoms with Gasteiger partial charge >= 0.3 is 7.82 Å². The van der Waals surface area contributed by atoms with Gasteiger partial charge in [0.05, 0.1) is 5.69 Å². The summed E-state index contributed by atoms with van der Waals surface area (Å²) < 4.78 is 25.5. The number of guanidine groups is 1. The van der Waals surface area contributed by atoms with Crippen molar-refractivity contribution in [2.45, 2.75) is 0 Å². The maximum Gasteiger partial charge on any atom is 0.544 e. The summed E-state index contributed by atoms with van der Waals surface area (Å²) in [7, 11) is -3.54. The molecule has 0 atom stereocenters. The lowest BCUT2D eigenvalue weighted by molar-refractivity contribution is -0.317. The molecule has 3 fully saturated rings. The Morgan fingerprint density at radius 2 is 1.81 bits per heavy atom. The van der Waals surface area contributed by atoms with Gasteiger partial charge in [0.25, 0.3) is 5.96 Å². The van der Waals surface area contributed by atoms with Crippen molar-refractivity contribution in [1.82, 2.24) is 5.23 Å². The van der Waals surface area contributed by atoms with Crippen LogP contribution in [-0.2, 0) is 18.4 Å². The maximum absolute atomic E-state index is 11.4. The fourth-order valence-corrected chi connectivity index (χ4v) is 2.34. The van der Waals surface area contributed by atoms with Crippen molar-refractivity contribution in [1.29, 1.82) is 5.41 Å². The van der Waals surface area contributed by atoms with Crippen LogP contribution in [0.15, 0.2) is 24.3 Å². The molecule has 3 aliphatic heterocycles. The molecule has 0 aromatic heterocycles. The predicted molar refractivity (Wildman–Crippen MR) is 54.4 cm³/mol. The molecule has 1 aromatic carbocycles. The summed E-state index contributed by atoms with van der Waals surface area (Å²) in [4.78, 5) is 0. The largest absolute Gasteiger partial charge is 0.544 e. The molecular formula is C7H5ClN3O4P. The van der Waals surface area contributed by atoms with Crippen molar-refractivity contribution in [3.63, 3.8) is 0 Å². The van der Waals surface area contributed by atoms with Gasteiger partial charge in [-0.3, -0.25) is 5.41 Å². The molecule has 3 heterocycles. The molecule has 0 unspecified atom stereocenters. The van der Waals surface area contributed by atoms with Crippen molar-refractivity contribution < 1.29 is 18.4 Å². The molecule has 3 aliphatic rings. The first-order valence-electron chi connectivity index (χ1n) is 4.21. The Hall–Kier alpha value is -1.11. The van der Waals surface area contributed by atoms with Crippen molar-refractivity contribution in [2.75, 3.05) is 5.06 Å². The van der Waals surface area contributed by atoms with E-state index in [1.54, 1.807) is 24.3 Å². The highest BCUT2D eigenvalue weighted by Gasteiger charge is 2.56. The second kappa shape index (κ2) is 3.19. The first-order valence-corrected chi connectivity index (χ1v) is 6.05. The summed E-state index contributed by atoms with van der Waals surface area (Å²) in [5, 5.41) is 9.91. The molecule has 1 N–H and O–H groups in total. The zero-order chi connectivity index (χ0) is 11.3. The van der Waals surface area contributed by atoms with Gasteiger partial charge in [-0.1, -0.05) is 16.8 Å². The van der Waals surface area contributed by atoms with Gasteiger partial charge in [0.15, 0.2) is 0 Å². The van der Waals surface area contributed by atoms with E-state index in [-0.39, 0.29) is 5.96 Å². The van der Waals surface area contributed by atoms with E-state index < -0.39 is 7.82 Å². The highest BCUT2D eigenvalue weighted by molar-refractivity contribution is 7.49. The minimum absolute atomic E-state index is 0.222. The van der Waals surface area contributed by atoms with Crippen LogP contribution in [0.25, 0.3) is 0 Å². The quantitative estimate of drug-likeness (QED) is 0.782. The predicted octanol–water partition coefficient (Wildman–Crippen LogP) is 2.31. The van der Waals surface area contributed by atoms with Crippen molar-refractivity contribution >= 4 is 31.1 Å². The minimum Gasteiger partial charge on any atom is -0.263 e. The van der Waals surface area contributed by atoms with Gasteiger partial charge in [-0.15, -0.1) is 9.25 Å². The van der Waals surface area contributed by atoms with Crippen molar-refractivity contribution in [3.05, 3.63) is 29.3 Å². The van der Waals surface area contributed by atoms with Gasteiger partial charge in [0.2, 0.25) is 0 Å². The molecule has 16 heavy (non-hydrogen) atoms. The second-order valence-electron chi connectivity index (χ2n) is 3.04. The summed E-state index contributed by atoms with van der Waals surface area (Å²) in [6, 6.07) is 6.49. The normalized spacial score (nSPS) is 27.9. The van der Waals surface area contributed by atoms with Gasteiger partial charge in [-0.2, -0.15) is 9.69 Å². The van der Waals surface area contributed by atoms with E-state index in [4.69, 9.17) is 21.6 Å². The van der Waals surface area contributed by atoms with E-state index in [9.17, 15) is 4.57 Å². The van der Waals surface area contributed by atoms with Crippen LogP contribution in [0, 0.1) is 5.41 Å². The Morgan fingerprint density at radius 1 is 1.19 bits per heavy atom.